The molecule has 0 unspecified atom stereocenters. The third-order valence-electron chi connectivity index (χ3n) is 3.33. The Kier molecular flexibility index (Phi) is 2.59. The first kappa shape index (κ1) is 9.71. The third-order valence-corrected chi connectivity index (χ3v) is 3.33. The lowest BCUT2D eigenvalue weighted by molar-refractivity contribution is -0.145. The van der Waals surface area contributed by atoms with Crippen molar-refractivity contribution in [2.45, 2.75) is 31.8 Å². The highest BCUT2D eigenvalue weighted by Gasteiger charge is 2.36. The average Bonchev–Trinajstić information content (AvgIpc) is 2.59. The van der Waals surface area contributed by atoms with Crippen molar-refractivity contribution in [3.8, 4) is 0 Å². The zero-order valence-corrected chi connectivity index (χ0v) is 8.40. The molecule has 1 fully saturated rings. The maximum Gasteiger partial charge on any atom is 0.308 e. The molecule has 0 amide bonds. The predicted octanol–water partition coefficient (Wildman–Crippen LogP) is 1.27. The van der Waals surface area contributed by atoms with Gasteiger partial charge in [0.05, 0.1) is 19.1 Å². The Morgan fingerprint density at radius 2 is 2.36 bits per heavy atom. The van der Waals surface area contributed by atoms with Gasteiger partial charge in [-0.1, -0.05) is 11.6 Å². The van der Waals surface area contributed by atoms with Gasteiger partial charge in [0.25, 0.3) is 0 Å². The van der Waals surface area contributed by atoms with Gasteiger partial charge < -0.3 is 9.84 Å². The van der Waals surface area contributed by atoms with Crippen LogP contribution in [0.15, 0.2) is 11.6 Å². The standard InChI is InChI=1S/C11H16O3/c1-14-11(13)9-4-7-2-3-10(12)6-8(7)5-9/h6-7,9-10,12H,2-5H2,1H3/t7-,9-,10-/m1/s1. The highest BCUT2D eigenvalue weighted by molar-refractivity contribution is 5.73. The van der Waals surface area contributed by atoms with E-state index >= 15 is 0 Å². The molecular formula is C11H16O3. The normalized spacial score (nSPS) is 36.1. The van der Waals surface area contributed by atoms with Crippen molar-refractivity contribution in [2.75, 3.05) is 7.11 Å². The van der Waals surface area contributed by atoms with Gasteiger partial charge in [0.2, 0.25) is 0 Å². The van der Waals surface area contributed by atoms with Gasteiger partial charge in [-0.2, -0.15) is 0 Å². The summed E-state index contributed by atoms with van der Waals surface area (Å²) in [5.41, 5.74) is 1.26. The molecule has 0 heterocycles. The first-order chi connectivity index (χ1) is 6.70. The van der Waals surface area contributed by atoms with Crippen LogP contribution in [-0.4, -0.2) is 24.3 Å². The smallest absolute Gasteiger partial charge is 0.308 e. The molecule has 1 N–H and O–H groups in total. The number of rotatable bonds is 1. The number of ether oxygens (including phenoxy) is 1. The van der Waals surface area contributed by atoms with E-state index in [2.05, 4.69) is 0 Å². The van der Waals surface area contributed by atoms with Crippen LogP contribution in [0.25, 0.3) is 0 Å². The number of hydrogen-bond acceptors (Lipinski definition) is 3. The Hall–Kier alpha value is -0.830. The number of esters is 1. The Morgan fingerprint density at radius 3 is 3.07 bits per heavy atom. The minimum atomic E-state index is -0.294. The van der Waals surface area contributed by atoms with E-state index in [4.69, 9.17) is 4.74 Å². The lowest BCUT2D eigenvalue weighted by Gasteiger charge is -2.20. The molecule has 0 spiro atoms. The highest BCUT2D eigenvalue weighted by Crippen LogP contribution is 2.42. The number of allylic oxidation sites excluding steroid dienone is 1. The molecule has 14 heavy (non-hydrogen) atoms. The predicted molar refractivity (Wildman–Crippen MR) is 51.6 cm³/mol. The second kappa shape index (κ2) is 3.73. The van der Waals surface area contributed by atoms with Crippen LogP contribution in [0.2, 0.25) is 0 Å². The summed E-state index contributed by atoms with van der Waals surface area (Å²) >= 11 is 0. The quantitative estimate of drug-likeness (QED) is 0.507. The monoisotopic (exact) mass is 196 g/mol. The van der Waals surface area contributed by atoms with Gasteiger partial charge in [0, 0.05) is 0 Å². The SMILES string of the molecule is COC(=O)[C@H]1CC2=C[C@H](O)CC[C@@H]2C1. The maximum atomic E-state index is 11.3. The summed E-state index contributed by atoms with van der Waals surface area (Å²) in [6.45, 7) is 0. The van der Waals surface area contributed by atoms with Crippen LogP contribution in [0.1, 0.15) is 25.7 Å². The minimum absolute atomic E-state index is 0.0292. The van der Waals surface area contributed by atoms with Crippen molar-refractivity contribution in [2.24, 2.45) is 11.8 Å². The van der Waals surface area contributed by atoms with E-state index in [9.17, 15) is 9.90 Å². The van der Waals surface area contributed by atoms with Gasteiger partial charge >= 0.3 is 5.97 Å². The number of carbonyl (C=O) groups is 1. The van der Waals surface area contributed by atoms with Gasteiger partial charge in [-0.25, -0.2) is 0 Å². The van der Waals surface area contributed by atoms with Crippen molar-refractivity contribution >= 4 is 5.97 Å². The van der Waals surface area contributed by atoms with E-state index < -0.39 is 0 Å². The molecule has 0 bridgehead atoms. The minimum Gasteiger partial charge on any atom is -0.469 e. The number of aliphatic hydroxyl groups is 1. The van der Waals surface area contributed by atoms with Crippen molar-refractivity contribution in [1.82, 2.24) is 0 Å². The summed E-state index contributed by atoms with van der Waals surface area (Å²) in [6.07, 6.45) is 5.18. The molecule has 0 aromatic heterocycles. The molecule has 2 aliphatic carbocycles. The van der Waals surface area contributed by atoms with Gasteiger partial charge in [-0.3, -0.25) is 4.79 Å². The molecule has 3 heteroatoms. The summed E-state index contributed by atoms with van der Waals surface area (Å²) in [5, 5.41) is 9.45. The largest absolute Gasteiger partial charge is 0.469 e. The summed E-state index contributed by atoms with van der Waals surface area (Å²) in [5.74, 6) is 0.443. The summed E-state index contributed by atoms with van der Waals surface area (Å²) < 4.78 is 4.74. The van der Waals surface area contributed by atoms with Gasteiger partial charge in [-0.15, -0.1) is 0 Å². The zero-order valence-electron chi connectivity index (χ0n) is 8.40. The van der Waals surface area contributed by atoms with E-state index in [-0.39, 0.29) is 18.0 Å². The second-order valence-electron chi connectivity index (χ2n) is 4.24. The van der Waals surface area contributed by atoms with Crippen molar-refractivity contribution in [1.29, 1.82) is 0 Å². The molecule has 78 valence electrons. The van der Waals surface area contributed by atoms with E-state index in [1.54, 1.807) is 0 Å². The summed E-state index contributed by atoms with van der Waals surface area (Å²) in [4.78, 5) is 11.3. The number of methoxy groups -OCH3 is 1. The Labute approximate surface area is 83.8 Å². The molecule has 2 rings (SSSR count). The van der Waals surface area contributed by atoms with Crippen LogP contribution in [0, 0.1) is 11.8 Å². The maximum absolute atomic E-state index is 11.3. The molecule has 0 aliphatic heterocycles. The third kappa shape index (κ3) is 1.69. The topological polar surface area (TPSA) is 46.5 Å². The number of carbonyl (C=O) groups excluding carboxylic acids is 1. The fraction of sp³-hybridized carbons (Fsp3) is 0.727. The highest BCUT2D eigenvalue weighted by atomic mass is 16.5. The molecule has 0 aromatic carbocycles. The molecule has 0 saturated heterocycles. The van der Waals surface area contributed by atoms with Crippen LogP contribution < -0.4 is 0 Å². The molecule has 0 radical (unpaired) electrons. The molecule has 1 saturated carbocycles. The molecule has 0 aromatic rings. The molecule has 2 aliphatic rings. The van der Waals surface area contributed by atoms with E-state index in [1.165, 1.54) is 12.7 Å². The van der Waals surface area contributed by atoms with Crippen LogP contribution in [0.3, 0.4) is 0 Å². The lowest BCUT2D eigenvalue weighted by Crippen LogP contribution is -2.14. The van der Waals surface area contributed by atoms with Crippen LogP contribution in [-0.2, 0) is 9.53 Å². The Bertz CT molecular complexity index is 270. The summed E-state index contributed by atoms with van der Waals surface area (Å²) in [6, 6.07) is 0. The van der Waals surface area contributed by atoms with Crippen molar-refractivity contribution < 1.29 is 14.6 Å². The van der Waals surface area contributed by atoms with E-state index in [0.717, 1.165) is 25.7 Å². The fourth-order valence-corrected chi connectivity index (χ4v) is 2.59. The Morgan fingerprint density at radius 1 is 1.57 bits per heavy atom. The second-order valence-corrected chi connectivity index (χ2v) is 4.24. The Balaban J connectivity index is 2.06. The molecular weight excluding hydrogens is 180 g/mol. The van der Waals surface area contributed by atoms with Gasteiger partial charge in [0.1, 0.15) is 0 Å². The van der Waals surface area contributed by atoms with E-state index in [0.29, 0.717) is 5.92 Å². The number of aliphatic hydroxyl groups excluding tert-OH is 1. The van der Waals surface area contributed by atoms with Gasteiger partial charge in [-0.05, 0) is 31.6 Å². The fourth-order valence-electron chi connectivity index (χ4n) is 2.59. The molecule has 3 nitrogen and oxygen atoms in total. The first-order valence-electron chi connectivity index (χ1n) is 5.17. The molecule has 3 atom stereocenters. The first-order valence-corrected chi connectivity index (χ1v) is 5.17. The average molecular weight is 196 g/mol. The summed E-state index contributed by atoms with van der Waals surface area (Å²) in [7, 11) is 1.44. The lowest BCUT2D eigenvalue weighted by atomic mass is 9.89. The van der Waals surface area contributed by atoms with Crippen molar-refractivity contribution in [3.05, 3.63) is 11.6 Å². The number of hydrogen-bond donors (Lipinski definition) is 1. The van der Waals surface area contributed by atoms with E-state index in [1.807, 2.05) is 6.08 Å². The van der Waals surface area contributed by atoms with Gasteiger partial charge in [0.15, 0.2) is 0 Å². The number of fused-ring (bicyclic) bond motifs is 1. The zero-order chi connectivity index (χ0) is 10.1. The van der Waals surface area contributed by atoms with Crippen LogP contribution >= 0.6 is 0 Å². The van der Waals surface area contributed by atoms with Crippen LogP contribution in [0.4, 0.5) is 0 Å². The van der Waals surface area contributed by atoms with Crippen molar-refractivity contribution in [3.63, 3.8) is 0 Å². The van der Waals surface area contributed by atoms with Crippen LogP contribution in [0.5, 0.6) is 0 Å².